The molecule has 0 unspecified atom stereocenters. The first kappa shape index (κ1) is 15.0. The number of aromatic nitrogens is 1. The van der Waals surface area contributed by atoms with Crippen molar-refractivity contribution in [3.63, 3.8) is 0 Å². The number of carboxylic acids is 1. The maximum Gasteiger partial charge on any atom is 0.327 e. The van der Waals surface area contributed by atoms with Crippen LogP contribution < -0.4 is 5.32 Å². The molecule has 7 heteroatoms. The van der Waals surface area contributed by atoms with Crippen molar-refractivity contribution >= 4 is 23.6 Å². The molecule has 0 aliphatic carbocycles. The lowest BCUT2D eigenvalue weighted by Crippen LogP contribution is -2.41. The first-order valence-corrected chi connectivity index (χ1v) is 6.42. The Labute approximate surface area is 114 Å². The molecule has 2 N–H and O–H groups in total. The van der Waals surface area contributed by atoms with Gasteiger partial charge in [-0.1, -0.05) is 0 Å². The molecule has 100 valence electrons. The summed E-state index contributed by atoms with van der Waals surface area (Å²) in [6, 6.07) is 2.75. The van der Waals surface area contributed by atoms with Crippen LogP contribution in [0.5, 0.6) is 0 Å². The number of carbonyl (C=O) groups excluding carboxylic acids is 1. The van der Waals surface area contributed by atoms with Crippen molar-refractivity contribution in [2.24, 2.45) is 0 Å². The number of nitrogens with zero attached hydrogens (tertiary/aromatic N) is 2. The molecule has 0 spiro atoms. The largest absolute Gasteiger partial charge is 0.480 e. The zero-order valence-corrected chi connectivity index (χ0v) is 11.3. The number of nitrogens with one attached hydrogen (secondary N) is 1. The molecule has 19 heavy (non-hydrogen) atoms. The van der Waals surface area contributed by atoms with E-state index in [1.165, 1.54) is 6.92 Å². The van der Waals surface area contributed by atoms with Crippen LogP contribution in [0.3, 0.4) is 0 Å². The van der Waals surface area contributed by atoms with E-state index in [2.05, 4.69) is 10.3 Å². The maximum atomic E-state index is 11.0. The third-order valence-corrected chi connectivity index (χ3v) is 3.38. The van der Waals surface area contributed by atoms with Crippen LogP contribution in [0.2, 0.25) is 0 Å². The molecular formula is C12H13N3O3S. The summed E-state index contributed by atoms with van der Waals surface area (Å²) in [7, 11) is 0. The van der Waals surface area contributed by atoms with Crippen molar-refractivity contribution < 1.29 is 14.7 Å². The van der Waals surface area contributed by atoms with Gasteiger partial charge in [0.05, 0.1) is 5.56 Å². The van der Waals surface area contributed by atoms with E-state index >= 15 is 0 Å². The molecule has 0 aliphatic rings. The molecule has 1 aromatic rings. The van der Waals surface area contributed by atoms with Crippen molar-refractivity contribution in [3.8, 4) is 6.07 Å². The van der Waals surface area contributed by atoms with Gasteiger partial charge in [-0.05, 0) is 18.6 Å². The Morgan fingerprint density at radius 2 is 2.32 bits per heavy atom. The van der Waals surface area contributed by atoms with Crippen LogP contribution in [-0.2, 0) is 9.59 Å². The molecule has 1 heterocycles. The lowest BCUT2D eigenvalue weighted by atomic mass is 10.2. The third kappa shape index (κ3) is 4.26. The number of carboxylic acid groups (broad SMARTS) is 1. The zero-order valence-electron chi connectivity index (χ0n) is 10.5. The molecule has 1 aromatic heterocycles. The molecule has 0 radical (unpaired) electrons. The van der Waals surface area contributed by atoms with Crippen molar-refractivity contribution in [1.29, 1.82) is 5.26 Å². The second-order valence-electron chi connectivity index (χ2n) is 3.82. The highest BCUT2D eigenvalue weighted by Gasteiger charge is 2.19. The summed E-state index contributed by atoms with van der Waals surface area (Å²) in [6.45, 7) is 3.04. The fourth-order valence-electron chi connectivity index (χ4n) is 1.36. The molecule has 0 bridgehead atoms. The lowest BCUT2D eigenvalue weighted by molar-refractivity contribution is -0.140. The normalized spacial score (nSPS) is 11.4. The Morgan fingerprint density at radius 1 is 1.63 bits per heavy atom. The minimum atomic E-state index is -1.12. The number of rotatable bonds is 5. The van der Waals surface area contributed by atoms with E-state index in [0.717, 1.165) is 17.3 Å². The number of carbonyl (C=O) groups is 2. The Morgan fingerprint density at radius 3 is 2.84 bits per heavy atom. The SMILES string of the molecule is CC(=O)N[C@@H](CSc1nccc(C)c1C#N)C(=O)O. The Balaban J connectivity index is 2.80. The monoisotopic (exact) mass is 279 g/mol. The van der Waals surface area contributed by atoms with Crippen LogP contribution in [-0.4, -0.2) is 33.8 Å². The van der Waals surface area contributed by atoms with Gasteiger partial charge in [-0.2, -0.15) is 5.26 Å². The van der Waals surface area contributed by atoms with E-state index < -0.39 is 17.9 Å². The summed E-state index contributed by atoms with van der Waals surface area (Å²) in [6.07, 6.45) is 1.56. The summed E-state index contributed by atoms with van der Waals surface area (Å²) < 4.78 is 0. The number of thioether (sulfide) groups is 1. The van der Waals surface area contributed by atoms with E-state index in [1.54, 1.807) is 19.2 Å². The zero-order chi connectivity index (χ0) is 14.4. The fourth-order valence-corrected chi connectivity index (χ4v) is 2.40. The Kier molecular flexibility index (Phi) is 5.33. The number of hydrogen-bond acceptors (Lipinski definition) is 5. The molecule has 0 fully saturated rings. The average Bonchev–Trinajstić information content (AvgIpc) is 2.33. The van der Waals surface area contributed by atoms with E-state index in [-0.39, 0.29) is 5.75 Å². The molecule has 1 amide bonds. The number of hydrogen-bond donors (Lipinski definition) is 2. The van der Waals surface area contributed by atoms with Crippen LogP contribution in [0.1, 0.15) is 18.1 Å². The Hall–Kier alpha value is -2.07. The minimum Gasteiger partial charge on any atom is -0.480 e. The molecule has 1 atom stereocenters. The minimum absolute atomic E-state index is 0.111. The smallest absolute Gasteiger partial charge is 0.327 e. The molecule has 0 saturated heterocycles. The first-order valence-electron chi connectivity index (χ1n) is 5.44. The van der Waals surface area contributed by atoms with Crippen molar-refractivity contribution in [3.05, 3.63) is 23.4 Å². The molecule has 1 rings (SSSR count). The average molecular weight is 279 g/mol. The quantitative estimate of drug-likeness (QED) is 0.778. The molecule has 0 aromatic carbocycles. The van der Waals surface area contributed by atoms with Gasteiger partial charge in [-0.3, -0.25) is 4.79 Å². The van der Waals surface area contributed by atoms with Crippen molar-refractivity contribution in [1.82, 2.24) is 10.3 Å². The molecule has 0 saturated carbocycles. The van der Waals surface area contributed by atoms with Gasteiger partial charge >= 0.3 is 5.97 Å². The van der Waals surface area contributed by atoms with Gasteiger partial charge in [0.25, 0.3) is 0 Å². The maximum absolute atomic E-state index is 11.0. The standard InChI is InChI=1S/C12H13N3O3S/c1-7-3-4-14-11(9(7)5-13)19-6-10(12(17)18)15-8(2)16/h3-4,10H,6H2,1-2H3,(H,15,16)(H,17,18)/t10-/m0/s1. The second-order valence-corrected chi connectivity index (χ2v) is 4.83. The van der Waals surface area contributed by atoms with Crippen LogP contribution in [0.4, 0.5) is 0 Å². The van der Waals surface area contributed by atoms with E-state index in [0.29, 0.717) is 10.6 Å². The second kappa shape index (κ2) is 6.75. The van der Waals surface area contributed by atoms with Gasteiger partial charge in [0, 0.05) is 18.9 Å². The summed E-state index contributed by atoms with van der Waals surface area (Å²) in [5, 5.41) is 20.8. The summed E-state index contributed by atoms with van der Waals surface area (Å²) in [5.74, 6) is -1.42. The molecular weight excluding hydrogens is 266 g/mol. The number of amides is 1. The van der Waals surface area contributed by atoms with Gasteiger partial charge in [0.2, 0.25) is 5.91 Å². The number of pyridine rings is 1. The van der Waals surface area contributed by atoms with Gasteiger partial charge in [0.15, 0.2) is 0 Å². The number of nitriles is 1. The van der Waals surface area contributed by atoms with E-state index in [1.807, 2.05) is 6.07 Å². The molecule has 0 aliphatic heterocycles. The highest BCUT2D eigenvalue weighted by atomic mass is 32.2. The topological polar surface area (TPSA) is 103 Å². The summed E-state index contributed by atoms with van der Waals surface area (Å²) >= 11 is 1.14. The highest BCUT2D eigenvalue weighted by Crippen LogP contribution is 2.22. The predicted molar refractivity (Wildman–Crippen MR) is 69.7 cm³/mol. The summed E-state index contributed by atoms with van der Waals surface area (Å²) in [4.78, 5) is 25.9. The fraction of sp³-hybridized carbons (Fsp3) is 0.333. The summed E-state index contributed by atoms with van der Waals surface area (Å²) in [5.41, 5.74) is 1.21. The van der Waals surface area contributed by atoms with E-state index in [9.17, 15) is 9.59 Å². The lowest BCUT2D eigenvalue weighted by Gasteiger charge is -2.13. The van der Waals surface area contributed by atoms with Crippen LogP contribution >= 0.6 is 11.8 Å². The van der Waals surface area contributed by atoms with Gasteiger partial charge < -0.3 is 10.4 Å². The number of aryl methyl sites for hydroxylation is 1. The van der Waals surface area contributed by atoms with Crippen molar-refractivity contribution in [2.75, 3.05) is 5.75 Å². The van der Waals surface area contributed by atoms with Gasteiger partial charge in [-0.15, -0.1) is 11.8 Å². The first-order chi connectivity index (χ1) is 8.95. The van der Waals surface area contributed by atoms with E-state index in [4.69, 9.17) is 10.4 Å². The number of aliphatic carboxylic acids is 1. The van der Waals surface area contributed by atoms with Crippen LogP contribution in [0.15, 0.2) is 17.3 Å². The predicted octanol–water partition coefficient (Wildman–Crippen LogP) is 0.943. The van der Waals surface area contributed by atoms with Gasteiger partial charge in [-0.25, -0.2) is 9.78 Å². The van der Waals surface area contributed by atoms with Crippen LogP contribution in [0.25, 0.3) is 0 Å². The Bertz CT molecular complexity index is 540. The third-order valence-electron chi connectivity index (χ3n) is 2.30. The van der Waals surface area contributed by atoms with Crippen LogP contribution in [0, 0.1) is 18.3 Å². The molecule has 6 nitrogen and oxygen atoms in total. The highest BCUT2D eigenvalue weighted by molar-refractivity contribution is 7.99. The van der Waals surface area contributed by atoms with Gasteiger partial charge in [0.1, 0.15) is 17.1 Å². The van der Waals surface area contributed by atoms with Crippen molar-refractivity contribution in [2.45, 2.75) is 24.9 Å².